The minimum Gasteiger partial charge on any atom is -0.494 e. The van der Waals surface area contributed by atoms with Crippen molar-refractivity contribution in [2.24, 2.45) is 5.73 Å². The molecule has 4 nitrogen and oxygen atoms in total. The van der Waals surface area contributed by atoms with Crippen molar-refractivity contribution in [2.75, 3.05) is 13.2 Å². The molecule has 3 aromatic rings. The molecule has 3 N–H and O–H groups in total. The van der Waals surface area contributed by atoms with Crippen LogP contribution in [0.1, 0.15) is 36.6 Å². The van der Waals surface area contributed by atoms with E-state index in [9.17, 15) is 5.11 Å². The van der Waals surface area contributed by atoms with Gasteiger partial charge in [-0.15, -0.1) is 0 Å². The van der Waals surface area contributed by atoms with Gasteiger partial charge in [0.1, 0.15) is 23.9 Å². The second-order valence-corrected chi connectivity index (χ2v) is 7.17. The molecule has 0 fully saturated rings. The lowest BCUT2D eigenvalue weighted by molar-refractivity contribution is 0.283. The Bertz CT molecular complexity index is 988. The Kier molecular flexibility index (Phi) is 7.44. The second-order valence-electron chi connectivity index (χ2n) is 7.17. The van der Waals surface area contributed by atoms with E-state index in [1.807, 2.05) is 55.5 Å². The van der Waals surface area contributed by atoms with Gasteiger partial charge < -0.3 is 20.3 Å². The maximum atomic E-state index is 15.1. The second kappa shape index (κ2) is 10.2. The number of aliphatic hydroxyl groups is 1. The van der Waals surface area contributed by atoms with Crippen molar-refractivity contribution < 1.29 is 19.0 Å². The first-order valence-electron chi connectivity index (χ1n) is 10.2. The third-order valence-electron chi connectivity index (χ3n) is 4.86. The van der Waals surface area contributed by atoms with Crippen LogP contribution in [0.5, 0.6) is 11.5 Å². The average Bonchev–Trinajstić information content (AvgIpc) is 2.73. The molecule has 1 atom stereocenters. The minimum absolute atomic E-state index is 0.0551. The SMILES string of the molecule is CCOc1cc(COc2ccccc2CCO)cc(-c2cccc(C(C)N)c2F)c1. The van der Waals surface area contributed by atoms with Crippen LogP contribution in [-0.2, 0) is 13.0 Å². The van der Waals surface area contributed by atoms with E-state index < -0.39 is 6.04 Å². The van der Waals surface area contributed by atoms with Crippen molar-refractivity contribution in [3.05, 3.63) is 83.2 Å². The molecule has 0 amide bonds. The van der Waals surface area contributed by atoms with Gasteiger partial charge >= 0.3 is 0 Å². The lowest BCUT2D eigenvalue weighted by atomic mass is 9.97. The van der Waals surface area contributed by atoms with Gasteiger partial charge in [0.2, 0.25) is 0 Å². The number of aliphatic hydroxyl groups excluding tert-OH is 1. The van der Waals surface area contributed by atoms with Gasteiger partial charge in [0.05, 0.1) is 6.61 Å². The summed E-state index contributed by atoms with van der Waals surface area (Å²) in [6.07, 6.45) is 0.523. The van der Waals surface area contributed by atoms with Crippen LogP contribution in [0.25, 0.3) is 11.1 Å². The lowest BCUT2D eigenvalue weighted by Gasteiger charge is -2.15. The predicted molar refractivity (Wildman–Crippen MR) is 117 cm³/mol. The number of ether oxygens (including phenoxy) is 2. The maximum absolute atomic E-state index is 15.1. The Hall–Kier alpha value is -2.89. The molecule has 0 saturated carbocycles. The normalized spacial score (nSPS) is 11.9. The van der Waals surface area contributed by atoms with Gasteiger partial charge in [-0.25, -0.2) is 4.39 Å². The summed E-state index contributed by atoms with van der Waals surface area (Å²) in [6.45, 7) is 4.53. The molecule has 0 aliphatic rings. The summed E-state index contributed by atoms with van der Waals surface area (Å²) in [5.74, 6) is 1.06. The van der Waals surface area contributed by atoms with Gasteiger partial charge in [0, 0.05) is 23.8 Å². The van der Waals surface area contributed by atoms with Gasteiger partial charge in [0.15, 0.2) is 0 Å². The fraction of sp³-hybridized carbons (Fsp3) is 0.280. The molecular weight excluding hydrogens is 381 g/mol. The van der Waals surface area contributed by atoms with E-state index in [1.165, 1.54) is 0 Å². The lowest BCUT2D eigenvalue weighted by Crippen LogP contribution is -2.08. The summed E-state index contributed by atoms with van der Waals surface area (Å²) in [4.78, 5) is 0. The fourth-order valence-corrected chi connectivity index (χ4v) is 3.41. The maximum Gasteiger partial charge on any atom is 0.135 e. The highest BCUT2D eigenvalue weighted by molar-refractivity contribution is 5.68. The number of hydrogen-bond acceptors (Lipinski definition) is 4. The first-order chi connectivity index (χ1) is 14.5. The van der Waals surface area contributed by atoms with Crippen LogP contribution >= 0.6 is 0 Å². The quantitative estimate of drug-likeness (QED) is 0.521. The van der Waals surface area contributed by atoms with Gasteiger partial charge in [-0.2, -0.15) is 0 Å². The number of para-hydroxylation sites is 1. The number of halogens is 1. The monoisotopic (exact) mass is 409 g/mol. The fourth-order valence-electron chi connectivity index (χ4n) is 3.41. The Morgan fingerprint density at radius 3 is 2.57 bits per heavy atom. The van der Waals surface area contributed by atoms with Crippen molar-refractivity contribution in [2.45, 2.75) is 32.9 Å². The van der Waals surface area contributed by atoms with Crippen molar-refractivity contribution >= 4 is 0 Å². The Morgan fingerprint density at radius 2 is 1.83 bits per heavy atom. The van der Waals surface area contributed by atoms with Crippen LogP contribution in [0.4, 0.5) is 4.39 Å². The molecule has 0 saturated heterocycles. The van der Waals surface area contributed by atoms with Crippen molar-refractivity contribution in [3.8, 4) is 22.6 Å². The van der Waals surface area contributed by atoms with Crippen LogP contribution in [0.3, 0.4) is 0 Å². The predicted octanol–water partition coefficient (Wildman–Crippen LogP) is 5.02. The summed E-state index contributed by atoms with van der Waals surface area (Å²) >= 11 is 0. The van der Waals surface area contributed by atoms with Gasteiger partial charge in [-0.3, -0.25) is 0 Å². The van der Waals surface area contributed by atoms with Crippen LogP contribution < -0.4 is 15.2 Å². The number of rotatable bonds is 9. The Balaban J connectivity index is 1.94. The highest BCUT2D eigenvalue weighted by Crippen LogP contribution is 2.31. The zero-order valence-electron chi connectivity index (χ0n) is 17.4. The van der Waals surface area contributed by atoms with Gasteiger partial charge in [-0.05, 0) is 61.2 Å². The first kappa shape index (κ1) is 21.8. The van der Waals surface area contributed by atoms with Crippen molar-refractivity contribution in [1.82, 2.24) is 0 Å². The summed E-state index contributed by atoms with van der Waals surface area (Å²) in [7, 11) is 0. The third kappa shape index (κ3) is 5.17. The zero-order chi connectivity index (χ0) is 21.5. The third-order valence-corrected chi connectivity index (χ3v) is 4.86. The molecule has 5 heteroatoms. The van der Waals surface area contributed by atoms with Crippen molar-refractivity contribution in [1.29, 1.82) is 0 Å². The van der Waals surface area contributed by atoms with Crippen LogP contribution in [0, 0.1) is 5.82 Å². The largest absolute Gasteiger partial charge is 0.494 e. The van der Waals surface area contributed by atoms with E-state index in [1.54, 1.807) is 19.1 Å². The molecule has 30 heavy (non-hydrogen) atoms. The van der Waals surface area contributed by atoms with E-state index >= 15 is 4.39 Å². The standard InChI is InChI=1S/C25H28FNO3/c1-3-29-21-14-18(16-30-24-10-5-4-7-19(24)11-12-28)13-20(15-21)23-9-6-8-22(17(2)27)25(23)26/h4-10,13-15,17,28H,3,11-12,16,27H2,1-2H3. The molecule has 0 aliphatic carbocycles. The molecule has 0 bridgehead atoms. The number of benzene rings is 3. The van der Waals surface area contributed by atoms with E-state index in [0.29, 0.717) is 42.1 Å². The highest BCUT2D eigenvalue weighted by atomic mass is 19.1. The summed E-state index contributed by atoms with van der Waals surface area (Å²) in [6, 6.07) is 18.1. The smallest absolute Gasteiger partial charge is 0.135 e. The van der Waals surface area contributed by atoms with E-state index in [2.05, 4.69) is 0 Å². The molecule has 1 unspecified atom stereocenters. The molecule has 158 valence electrons. The molecule has 0 aromatic heterocycles. The summed E-state index contributed by atoms with van der Waals surface area (Å²) < 4.78 is 26.8. The van der Waals surface area contributed by atoms with Gasteiger partial charge in [-0.1, -0.05) is 36.4 Å². The van der Waals surface area contributed by atoms with E-state index in [4.69, 9.17) is 15.2 Å². The average molecular weight is 410 g/mol. The molecule has 0 heterocycles. The Labute approximate surface area is 177 Å². The van der Waals surface area contributed by atoms with E-state index in [0.717, 1.165) is 16.9 Å². The summed E-state index contributed by atoms with van der Waals surface area (Å²) in [5.41, 5.74) is 9.39. The summed E-state index contributed by atoms with van der Waals surface area (Å²) in [5, 5.41) is 9.26. The first-order valence-corrected chi connectivity index (χ1v) is 10.2. The van der Waals surface area contributed by atoms with Crippen molar-refractivity contribution in [3.63, 3.8) is 0 Å². The Morgan fingerprint density at radius 1 is 1.03 bits per heavy atom. The molecule has 3 rings (SSSR count). The molecule has 0 radical (unpaired) electrons. The van der Waals surface area contributed by atoms with Gasteiger partial charge in [0.25, 0.3) is 0 Å². The number of nitrogens with two attached hydrogens (primary N) is 1. The zero-order valence-corrected chi connectivity index (χ0v) is 17.4. The highest BCUT2D eigenvalue weighted by Gasteiger charge is 2.14. The van der Waals surface area contributed by atoms with E-state index in [-0.39, 0.29) is 12.4 Å². The van der Waals surface area contributed by atoms with Crippen LogP contribution in [0.2, 0.25) is 0 Å². The molecule has 0 aliphatic heterocycles. The number of hydrogen-bond donors (Lipinski definition) is 2. The molecule has 0 spiro atoms. The minimum atomic E-state index is -0.397. The molecular formula is C25H28FNO3. The topological polar surface area (TPSA) is 64.7 Å². The van der Waals surface area contributed by atoms with Crippen LogP contribution in [-0.4, -0.2) is 18.3 Å². The van der Waals surface area contributed by atoms with Crippen LogP contribution in [0.15, 0.2) is 60.7 Å². The molecule has 3 aromatic carbocycles.